The Hall–Kier alpha value is -1.41. The third-order valence-corrected chi connectivity index (χ3v) is 4.95. The van der Waals surface area contributed by atoms with Gasteiger partial charge in [0.25, 0.3) is 0 Å². The fourth-order valence-corrected chi connectivity index (χ4v) is 3.35. The van der Waals surface area contributed by atoms with Gasteiger partial charge in [0.2, 0.25) is 0 Å². The van der Waals surface area contributed by atoms with Crippen molar-refractivity contribution in [3.05, 3.63) is 28.2 Å². The minimum absolute atomic E-state index is 0.0785. The Bertz CT molecular complexity index is 579. The zero-order valence-corrected chi connectivity index (χ0v) is 12.9. The first-order valence-electron chi connectivity index (χ1n) is 5.93. The summed E-state index contributed by atoms with van der Waals surface area (Å²) in [5, 5.41) is 11.7. The molecule has 2 rings (SSSR count). The second-order valence-corrected chi connectivity index (χ2v) is 6.64. The predicted octanol–water partition coefficient (Wildman–Crippen LogP) is 1.28. The van der Waals surface area contributed by atoms with Gasteiger partial charge in [-0.05, 0) is 34.1 Å². The Morgan fingerprint density at radius 3 is 2.85 bits per heavy atom. The molecule has 1 unspecified atom stereocenters. The highest BCUT2D eigenvalue weighted by Crippen LogP contribution is 2.20. The molecular formula is C12H13BrN2O4S. The fourth-order valence-electron chi connectivity index (χ4n) is 1.85. The molecule has 0 bridgehead atoms. The number of carboxylic acid groups (broad SMARTS) is 1. The molecule has 1 fully saturated rings. The number of carbonyl (C=O) groups excluding carboxylic acids is 1. The monoisotopic (exact) mass is 360 g/mol. The van der Waals surface area contributed by atoms with Gasteiger partial charge in [-0.25, -0.2) is 9.59 Å². The van der Waals surface area contributed by atoms with E-state index in [1.807, 2.05) is 0 Å². The summed E-state index contributed by atoms with van der Waals surface area (Å²) >= 11 is 3.14. The molecule has 0 aliphatic carbocycles. The molecule has 1 saturated heterocycles. The lowest BCUT2D eigenvalue weighted by atomic mass is 10.2. The lowest BCUT2D eigenvalue weighted by Gasteiger charge is -2.13. The van der Waals surface area contributed by atoms with Crippen molar-refractivity contribution in [2.45, 2.75) is 4.90 Å². The van der Waals surface area contributed by atoms with Crippen molar-refractivity contribution in [2.24, 2.45) is 0 Å². The summed E-state index contributed by atoms with van der Waals surface area (Å²) in [5.74, 6) is -0.789. The minimum Gasteiger partial charge on any atom is -0.478 e. The van der Waals surface area contributed by atoms with Crippen LogP contribution < -0.4 is 5.32 Å². The molecule has 2 amide bonds. The van der Waals surface area contributed by atoms with Gasteiger partial charge in [0.1, 0.15) is 0 Å². The van der Waals surface area contributed by atoms with Crippen molar-refractivity contribution < 1.29 is 18.9 Å². The van der Waals surface area contributed by atoms with E-state index in [1.54, 1.807) is 17.0 Å². The van der Waals surface area contributed by atoms with Crippen LogP contribution >= 0.6 is 15.9 Å². The number of rotatable bonds is 5. The van der Waals surface area contributed by atoms with Gasteiger partial charge in [-0.1, -0.05) is 0 Å². The molecule has 1 aromatic rings. The molecule has 20 heavy (non-hydrogen) atoms. The molecule has 8 heteroatoms. The number of carboxylic acids is 1. The van der Waals surface area contributed by atoms with Crippen LogP contribution in [0.2, 0.25) is 0 Å². The molecule has 1 aliphatic rings. The van der Waals surface area contributed by atoms with E-state index in [0.717, 1.165) is 0 Å². The normalized spacial score (nSPS) is 16.1. The van der Waals surface area contributed by atoms with E-state index >= 15 is 0 Å². The molecule has 1 aromatic carbocycles. The van der Waals surface area contributed by atoms with E-state index in [1.165, 1.54) is 6.07 Å². The van der Waals surface area contributed by atoms with E-state index in [9.17, 15) is 13.8 Å². The standard InChI is InChI=1S/C12H13BrN2O4S/c13-10-2-1-8(7-9(10)11(16)17)20(19)6-5-15-4-3-14-12(15)18/h1-2,7H,3-6H2,(H,14,18)(H,16,17). The minimum atomic E-state index is -1.34. The summed E-state index contributed by atoms with van der Waals surface area (Å²) in [6.45, 7) is 1.60. The molecule has 2 N–H and O–H groups in total. The lowest BCUT2D eigenvalue weighted by molar-refractivity contribution is 0.0695. The van der Waals surface area contributed by atoms with Gasteiger partial charge in [-0.15, -0.1) is 0 Å². The van der Waals surface area contributed by atoms with Crippen LogP contribution in [0.3, 0.4) is 0 Å². The maximum absolute atomic E-state index is 12.1. The Kier molecular flexibility index (Phi) is 4.77. The third kappa shape index (κ3) is 3.37. The van der Waals surface area contributed by atoms with Gasteiger partial charge in [0.05, 0.1) is 16.4 Å². The van der Waals surface area contributed by atoms with Gasteiger partial charge in [-0.2, -0.15) is 0 Å². The van der Waals surface area contributed by atoms with Crippen LogP contribution in [0.5, 0.6) is 0 Å². The Labute approximate surface area is 126 Å². The van der Waals surface area contributed by atoms with Gasteiger partial charge >= 0.3 is 12.0 Å². The number of urea groups is 1. The number of aromatic carboxylic acids is 1. The number of carbonyl (C=O) groups is 2. The summed E-state index contributed by atoms with van der Waals surface area (Å²) in [6, 6.07) is 4.44. The number of hydrogen-bond donors (Lipinski definition) is 2. The Balaban J connectivity index is 2.04. The first-order chi connectivity index (χ1) is 9.49. The quantitative estimate of drug-likeness (QED) is 0.827. The molecule has 6 nitrogen and oxygen atoms in total. The summed E-state index contributed by atoms with van der Waals surface area (Å²) in [4.78, 5) is 24.4. The zero-order chi connectivity index (χ0) is 14.7. The summed E-state index contributed by atoms with van der Waals surface area (Å²) in [6.07, 6.45) is 0. The smallest absolute Gasteiger partial charge is 0.336 e. The average Bonchev–Trinajstić information content (AvgIpc) is 2.81. The van der Waals surface area contributed by atoms with Crippen LogP contribution in [0.25, 0.3) is 0 Å². The van der Waals surface area contributed by atoms with Crippen LogP contribution in [-0.4, -0.2) is 51.6 Å². The van der Waals surface area contributed by atoms with E-state index < -0.39 is 16.8 Å². The summed E-state index contributed by atoms with van der Waals surface area (Å²) < 4.78 is 12.6. The van der Waals surface area contributed by atoms with E-state index in [2.05, 4.69) is 21.2 Å². The summed E-state index contributed by atoms with van der Waals surface area (Å²) in [5.41, 5.74) is 0.0785. The van der Waals surface area contributed by atoms with Crippen molar-refractivity contribution in [2.75, 3.05) is 25.4 Å². The van der Waals surface area contributed by atoms with Gasteiger partial charge in [0, 0.05) is 34.8 Å². The van der Waals surface area contributed by atoms with Crippen molar-refractivity contribution >= 4 is 38.7 Å². The molecule has 1 heterocycles. The van der Waals surface area contributed by atoms with Crippen LogP contribution in [0.4, 0.5) is 4.79 Å². The lowest BCUT2D eigenvalue weighted by Crippen LogP contribution is -2.31. The number of halogens is 1. The number of nitrogens with one attached hydrogen (secondary N) is 1. The van der Waals surface area contributed by atoms with Crippen molar-refractivity contribution in [1.82, 2.24) is 10.2 Å². The van der Waals surface area contributed by atoms with Crippen LogP contribution in [-0.2, 0) is 10.8 Å². The number of benzene rings is 1. The Morgan fingerprint density at radius 1 is 1.50 bits per heavy atom. The fraction of sp³-hybridized carbons (Fsp3) is 0.333. The largest absolute Gasteiger partial charge is 0.478 e. The molecule has 1 atom stereocenters. The molecular weight excluding hydrogens is 348 g/mol. The van der Waals surface area contributed by atoms with E-state index in [-0.39, 0.29) is 17.3 Å². The highest BCUT2D eigenvalue weighted by molar-refractivity contribution is 9.10. The van der Waals surface area contributed by atoms with Crippen molar-refractivity contribution in [3.8, 4) is 0 Å². The number of hydrogen-bond acceptors (Lipinski definition) is 3. The first-order valence-corrected chi connectivity index (χ1v) is 8.04. The van der Waals surface area contributed by atoms with Crippen molar-refractivity contribution in [3.63, 3.8) is 0 Å². The van der Waals surface area contributed by atoms with Crippen LogP contribution in [0.15, 0.2) is 27.6 Å². The maximum atomic E-state index is 12.1. The topological polar surface area (TPSA) is 86.7 Å². The van der Waals surface area contributed by atoms with Crippen LogP contribution in [0, 0.1) is 0 Å². The number of amides is 2. The third-order valence-electron chi connectivity index (χ3n) is 2.92. The first kappa shape index (κ1) is 15.0. The van der Waals surface area contributed by atoms with Gasteiger partial charge in [-0.3, -0.25) is 4.21 Å². The maximum Gasteiger partial charge on any atom is 0.336 e. The average molecular weight is 361 g/mol. The SMILES string of the molecule is O=C(O)c1cc(S(=O)CCN2CCNC2=O)ccc1Br. The number of nitrogens with zero attached hydrogens (tertiary/aromatic N) is 1. The molecule has 1 aliphatic heterocycles. The van der Waals surface area contributed by atoms with Crippen molar-refractivity contribution in [1.29, 1.82) is 0 Å². The zero-order valence-electron chi connectivity index (χ0n) is 10.5. The second kappa shape index (κ2) is 6.36. The highest BCUT2D eigenvalue weighted by Gasteiger charge is 2.20. The van der Waals surface area contributed by atoms with E-state index in [4.69, 9.17) is 5.11 Å². The Morgan fingerprint density at radius 2 is 2.25 bits per heavy atom. The molecule has 0 radical (unpaired) electrons. The molecule has 108 valence electrons. The molecule has 0 saturated carbocycles. The van der Waals surface area contributed by atoms with E-state index in [0.29, 0.717) is 29.0 Å². The van der Waals surface area contributed by atoms with Gasteiger partial charge in [0.15, 0.2) is 0 Å². The second-order valence-electron chi connectivity index (χ2n) is 4.22. The summed E-state index contributed by atoms with van der Waals surface area (Å²) in [7, 11) is -1.34. The molecule has 0 aromatic heterocycles. The molecule has 0 spiro atoms. The predicted molar refractivity (Wildman–Crippen MR) is 77.3 cm³/mol. The van der Waals surface area contributed by atoms with Gasteiger partial charge < -0.3 is 15.3 Å². The van der Waals surface area contributed by atoms with Crippen LogP contribution in [0.1, 0.15) is 10.4 Å². The highest BCUT2D eigenvalue weighted by atomic mass is 79.9.